The molecule has 2 rings (SSSR count). The number of carbonyl (C=O) groups excluding carboxylic acids is 1. The van der Waals surface area contributed by atoms with E-state index in [-0.39, 0.29) is 5.91 Å². The molecular weight excluding hydrogens is 170 g/mol. The number of hydrogen-bond acceptors (Lipinski definition) is 4. The zero-order valence-corrected chi connectivity index (χ0v) is 6.99. The van der Waals surface area contributed by atoms with Crippen molar-refractivity contribution in [3.05, 3.63) is 29.8 Å². The van der Waals surface area contributed by atoms with Crippen molar-refractivity contribution >= 4 is 5.91 Å². The van der Waals surface area contributed by atoms with Crippen molar-refractivity contribution < 1.29 is 9.63 Å². The van der Waals surface area contributed by atoms with E-state index in [1.165, 1.54) is 0 Å². The van der Waals surface area contributed by atoms with Crippen LogP contribution >= 0.6 is 0 Å². The van der Waals surface area contributed by atoms with E-state index in [2.05, 4.69) is 17.2 Å². The second-order valence-electron chi connectivity index (χ2n) is 2.41. The molecule has 5 heteroatoms. The van der Waals surface area contributed by atoms with Gasteiger partial charge in [-0.05, 0) is 6.07 Å². The quantitative estimate of drug-likeness (QED) is 0.371. The molecule has 1 heterocycles. The number of fused-ring (bicyclic) bond motifs is 1. The van der Waals surface area contributed by atoms with Gasteiger partial charge in [0.15, 0.2) is 5.75 Å². The van der Waals surface area contributed by atoms with Crippen LogP contribution in [0.5, 0.6) is 5.75 Å². The number of hydrogen-bond donors (Lipinski definition) is 3. The van der Waals surface area contributed by atoms with Crippen molar-refractivity contribution in [2.45, 2.75) is 6.42 Å². The third-order valence-electron chi connectivity index (χ3n) is 1.60. The van der Waals surface area contributed by atoms with Gasteiger partial charge in [0.1, 0.15) is 0 Å². The summed E-state index contributed by atoms with van der Waals surface area (Å²) in [5, 5.41) is 0. The normalized spacial score (nSPS) is 12.9. The number of amides is 1. The highest BCUT2D eigenvalue weighted by Crippen LogP contribution is 2.19. The van der Waals surface area contributed by atoms with Gasteiger partial charge in [-0.3, -0.25) is 16.5 Å². The van der Waals surface area contributed by atoms with Gasteiger partial charge in [0, 0.05) is 5.56 Å². The highest BCUT2D eigenvalue weighted by molar-refractivity contribution is 5.79. The lowest BCUT2D eigenvalue weighted by Gasteiger charge is -2.15. The summed E-state index contributed by atoms with van der Waals surface area (Å²) in [6.07, 6.45) is 0.413. The van der Waals surface area contributed by atoms with Crippen LogP contribution in [0.15, 0.2) is 24.3 Å². The van der Waals surface area contributed by atoms with Crippen molar-refractivity contribution in [3.63, 3.8) is 0 Å². The first-order valence-corrected chi connectivity index (χ1v) is 3.73. The van der Waals surface area contributed by atoms with E-state index in [1.807, 2.05) is 24.3 Å². The molecule has 1 amide bonds. The fraction of sp³-hybridized carbons (Fsp3) is 0.125. The Kier molecular flexibility index (Phi) is 3.24. The van der Waals surface area contributed by atoms with Gasteiger partial charge in [-0.25, -0.2) is 0 Å². The summed E-state index contributed by atoms with van der Waals surface area (Å²) in [6.45, 7) is 0. The van der Waals surface area contributed by atoms with Crippen LogP contribution in [-0.4, -0.2) is 5.91 Å². The number of carbonyl (C=O) groups is 1. The number of hydrazine groups is 1. The topological polar surface area (TPSA) is 90.4 Å². The average Bonchev–Trinajstić information content (AvgIpc) is 2.21. The smallest absolute Gasteiger partial charge is 0.257 e. The number of benzene rings is 1. The number of para-hydroxylation sites is 1. The van der Waals surface area contributed by atoms with Gasteiger partial charge < -0.3 is 4.84 Å². The van der Waals surface area contributed by atoms with E-state index in [0.717, 1.165) is 11.3 Å². The van der Waals surface area contributed by atoms with Crippen molar-refractivity contribution in [1.29, 1.82) is 0 Å². The molecule has 0 saturated carbocycles. The molecule has 1 aromatic rings. The van der Waals surface area contributed by atoms with Gasteiger partial charge >= 0.3 is 0 Å². The van der Waals surface area contributed by atoms with Gasteiger partial charge in [-0.1, -0.05) is 18.2 Å². The molecule has 0 unspecified atom stereocenters. The van der Waals surface area contributed by atoms with Crippen LogP contribution < -0.4 is 22.0 Å². The Hall–Kier alpha value is -1.59. The predicted octanol–water partition coefficient (Wildman–Crippen LogP) is -0.528. The summed E-state index contributed by atoms with van der Waals surface area (Å²) in [4.78, 5) is 15.7. The zero-order valence-electron chi connectivity index (χ0n) is 6.99. The molecular formula is C8H11N3O2. The van der Waals surface area contributed by atoms with E-state index in [4.69, 9.17) is 4.84 Å². The van der Waals surface area contributed by atoms with Crippen LogP contribution in [0.2, 0.25) is 0 Å². The van der Waals surface area contributed by atoms with Crippen LogP contribution in [0.1, 0.15) is 5.56 Å². The molecule has 1 aliphatic rings. The highest BCUT2D eigenvalue weighted by atomic mass is 16.7. The lowest BCUT2D eigenvalue weighted by Crippen LogP contribution is -2.32. The molecule has 0 saturated heterocycles. The first-order chi connectivity index (χ1) is 6.36. The summed E-state index contributed by atoms with van der Waals surface area (Å²) < 4.78 is 0. The van der Waals surface area contributed by atoms with Crippen LogP contribution in [0.25, 0.3) is 0 Å². The van der Waals surface area contributed by atoms with Gasteiger partial charge in [0.05, 0.1) is 6.42 Å². The largest absolute Gasteiger partial charge is 0.379 e. The molecule has 0 aromatic heterocycles. The second-order valence-corrected chi connectivity index (χ2v) is 2.41. The maximum absolute atomic E-state index is 10.8. The molecule has 0 fully saturated rings. The summed E-state index contributed by atoms with van der Waals surface area (Å²) in [5.41, 5.74) is 3.24. The fourth-order valence-electron chi connectivity index (χ4n) is 1.07. The van der Waals surface area contributed by atoms with Crippen LogP contribution in [0.4, 0.5) is 0 Å². The maximum Gasteiger partial charge on any atom is 0.257 e. The molecule has 0 bridgehead atoms. The summed E-state index contributed by atoms with van der Waals surface area (Å²) >= 11 is 0. The highest BCUT2D eigenvalue weighted by Gasteiger charge is 2.14. The van der Waals surface area contributed by atoms with Crippen LogP contribution in [0, 0.1) is 0 Å². The van der Waals surface area contributed by atoms with E-state index in [9.17, 15) is 4.79 Å². The molecule has 0 aliphatic carbocycles. The van der Waals surface area contributed by atoms with E-state index < -0.39 is 0 Å². The standard InChI is InChI=1S/C8H7NO2.H4N2/c10-8-5-6-3-1-2-4-7(6)11-9-8;1-2/h1-4H,5H2,(H,9,10);1-2H2. The Morgan fingerprint density at radius 2 is 2.00 bits per heavy atom. The molecule has 5 nitrogen and oxygen atoms in total. The molecule has 5 N–H and O–H groups in total. The Morgan fingerprint density at radius 3 is 2.77 bits per heavy atom. The van der Waals surface area contributed by atoms with Gasteiger partial charge in [-0.15, -0.1) is 0 Å². The molecule has 13 heavy (non-hydrogen) atoms. The number of rotatable bonds is 0. The molecule has 0 radical (unpaired) electrons. The van der Waals surface area contributed by atoms with Crippen molar-refractivity contribution in [2.75, 3.05) is 0 Å². The van der Waals surface area contributed by atoms with Crippen molar-refractivity contribution in [3.8, 4) is 5.75 Å². The van der Waals surface area contributed by atoms with Crippen molar-refractivity contribution in [1.82, 2.24) is 5.48 Å². The van der Waals surface area contributed by atoms with E-state index in [0.29, 0.717) is 6.42 Å². The Bertz CT molecular complexity index is 301. The van der Waals surface area contributed by atoms with Gasteiger partial charge in [-0.2, -0.15) is 5.48 Å². The Morgan fingerprint density at radius 1 is 1.31 bits per heavy atom. The van der Waals surface area contributed by atoms with Crippen LogP contribution in [-0.2, 0) is 11.2 Å². The molecule has 70 valence electrons. The summed E-state index contributed by atoms with van der Waals surface area (Å²) in [6, 6.07) is 7.47. The second kappa shape index (κ2) is 4.44. The fourth-order valence-corrected chi connectivity index (χ4v) is 1.07. The van der Waals surface area contributed by atoms with Gasteiger partial charge in [0.25, 0.3) is 5.91 Å². The minimum absolute atomic E-state index is 0.0938. The summed E-state index contributed by atoms with van der Waals surface area (Å²) in [7, 11) is 0. The molecule has 0 atom stereocenters. The number of nitrogens with one attached hydrogen (secondary N) is 1. The maximum atomic E-state index is 10.8. The van der Waals surface area contributed by atoms with Crippen molar-refractivity contribution in [2.24, 2.45) is 11.7 Å². The average molecular weight is 181 g/mol. The number of nitrogens with two attached hydrogens (primary N) is 2. The lowest BCUT2D eigenvalue weighted by atomic mass is 10.1. The van der Waals surface area contributed by atoms with Crippen LogP contribution in [0.3, 0.4) is 0 Å². The first kappa shape index (κ1) is 9.50. The minimum Gasteiger partial charge on any atom is -0.379 e. The Balaban J connectivity index is 0.000000396. The number of hydroxylamine groups is 1. The SMILES string of the molecule is NN.O=C1Cc2ccccc2ON1. The monoisotopic (exact) mass is 181 g/mol. The van der Waals surface area contributed by atoms with E-state index in [1.54, 1.807) is 0 Å². The van der Waals surface area contributed by atoms with Gasteiger partial charge in [0.2, 0.25) is 0 Å². The summed E-state index contributed by atoms with van der Waals surface area (Å²) in [5.74, 6) is 8.65. The molecule has 1 aliphatic heterocycles. The molecule has 0 spiro atoms. The first-order valence-electron chi connectivity index (χ1n) is 3.73. The minimum atomic E-state index is -0.0938. The van der Waals surface area contributed by atoms with E-state index >= 15 is 0 Å². The Labute approximate surface area is 75.6 Å². The zero-order chi connectivity index (χ0) is 9.68. The lowest BCUT2D eigenvalue weighted by molar-refractivity contribution is -0.128. The predicted molar refractivity (Wildman–Crippen MR) is 47.3 cm³/mol. The third-order valence-corrected chi connectivity index (χ3v) is 1.60. The molecule has 1 aromatic carbocycles. The third kappa shape index (κ3) is 2.17.